The minimum Gasteiger partial charge on any atom is -0.383 e. The third-order valence-electron chi connectivity index (χ3n) is 6.86. The van der Waals surface area contributed by atoms with Gasteiger partial charge >= 0.3 is 0 Å². The van der Waals surface area contributed by atoms with Crippen molar-refractivity contribution in [1.29, 1.82) is 0 Å². The molecule has 0 saturated heterocycles. The Morgan fingerprint density at radius 2 is 1.34 bits per heavy atom. The van der Waals surface area contributed by atoms with Gasteiger partial charge in [-0.15, -0.1) is 0 Å². The van der Waals surface area contributed by atoms with Gasteiger partial charge in [-0.2, -0.15) is 0 Å². The van der Waals surface area contributed by atoms with Crippen molar-refractivity contribution in [2.24, 2.45) is 0 Å². The average molecular weight is 437 g/mol. The summed E-state index contributed by atoms with van der Waals surface area (Å²) in [7, 11) is 0. The number of benzene rings is 2. The smallest absolute Gasteiger partial charge is 0.168 e. The number of hydrogen-bond acceptors (Lipinski definition) is 4. The maximum Gasteiger partial charge on any atom is 0.168 e. The average Bonchev–Trinajstić information content (AvgIpc) is 2.87. The minimum absolute atomic E-state index is 0.0865. The molecule has 1 unspecified atom stereocenters. The molecule has 2 aromatic carbocycles. The van der Waals surface area contributed by atoms with Gasteiger partial charge in [0.25, 0.3) is 0 Å². The number of fused-ring (bicyclic) bond motifs is 1. The Morgan fingerprint density at radius 1 is 0.812 bits per heavy atom. The number of carbonyl (C=O) groups excluding carboxylic acids is 2. The van der Waals surface area contributed by atoms with Gasteiger partial charge in [0.15, 0.2) is 11.6 Å². The van der Waals surface area contributed by atoms with Gasteiger partial charge in [-0.1, -0.05) is 63.2 Å². The summed E-state index contributed by atoms with van der Waals surface area (Å²) in [5, 5.41) is 20.1. The molecule has 0 bridgehead atoms. The Morgan fingerprint density at radius 3 is 1.88 bits per heavy atom. The van der Waals surface area contributed by atoms with E-state index in [0.29, 0.717) is 0 Å². The summed E-state index contributed by atoms with van der Waals surface area (Å²) in [5.74, 6) is -0.395. The molecule has 0 fully saturated rings. The van der Waals surface area contributed by atoms with E-state index in [-0.39, 0.29) is 35.2 Å². The van der Waals surface area contributed by atoms with Crippen LogP contribution in [0.4, 0.5) is 0 Å². The molecule has 4 heteroatoms. The second-order valence-corrected chi connectivity index (χ2v) is 11.3. The molecule has 0 aliphatic heterocycles. The van der Waals surface area contributed by atoms with Crippen molar-refractivity contribution in [3.63, 3.8) is 0 Å². The Balaban J connectivity index is 1.98. The van der Waals surface area contributed by atoms with E-state index in [4.69, 9.17) is 0 Å². The minimum atomic E-state index is -1.35. The fourth-order valence-electron chi connectivity index (χ4n) is 4.90. The summed E-state index contributed by atoms with van der Waals surface area (Å²) >= 11 is 0. The van der Waals surface area contributed by atoms with Crippen LogP contribution in [-0.4, -0.2) is 33.0 Å². The van der Waals surface area contributed by atoms with Crippen LogP contribution in [0, 0.1) is 0 Å². The second-order valence-electron chi connectivity index (χ2n) is 11.3. The van der Waals surface area contributed by atoms with Gasteiger partial charge in [0, 0.05) is 18.3 Å². The summed E-state index contributed by atoms with van der Waals surface area (Å²) in [4.78, 5) is 24.7. The Hall–Kier alpha value is -2.30. The molecule has 0 radical (unpaired) electrons. The third-order valence-corrected chi connectivity index (χ3v) is 6.86. The zero-order valence-electron chi connectivity index (χ0n) is 20.4. The molecule has 1 aliphatic carbocycles. The van der Waals surface area contributed by atoms with Crippen LogP contribution in [0.25, 0.3) is 0 Å². The summed E-state index contributed by atoms with van der Waals surface area (Å²) in [6.45, 7) is 12.8. The first-order chi connectivity index (χ1) is 14.5. The first-order valence-corrected chi connectivity index (χ1v) is 11.3. The molecule has 2 aromatic rings. The van der Waals surface area contributed by atoms with Crippen molar-refractivity contribution in [3.8, 4) is 0 Å². The Labute approximate surface area is 191 Å². The van der Waals surface area contributed by atoms with Crippen LogP contribution in [0.15, 0.2) is 42.5 Å². The van der Waals surface area contributed by atoms with Crippen molar-refractivity contribution in [1.82, 2.24) is 0 Å². The lowest BCUT2D eigenvalue weighted by Gasteiger charge is -2.29. The van der Waals surface area contributed by atoms with E-state index in [1.54, 1.807) is 0 Å². The molecule has 0 saturated carbocycles. The van der Waals surface area contributed by atoms with Crippen LogP contribution in [0.3, 0.4) is 0 Å². The van der Waals surface area contributed by atoms with Crippen LogP contribution in [0.1, 0.15) is 82.7 Å². The Bertz CT molecular complexity index is 1050. The van der Waals surface area contributed by atoms with Gasteiger partial charge in [0.05, 0.1) is 0 Å². The number of rotatable bonds is 7. The topological polar surface area (TPSA) is 74.6 Å². The predicted molar refractivity (Wildman–Crippen MR) is 127 cm³/mol. The summed E-state index contributed by atoms with van der Waals surface area (Å²) in [5.41, 5.74) is 2.40. The molecule has 172 valence electrons. The largest absolute Gasteiger partial charge is 0.383 e. The summed E-state index contributed by atoms with van der Waals surface area (Å²) in [6, 6.07) is 14.3. The van der Waals surface area contributed by atoms with Crippen molar-refractivity contribution < 1.29 is 19.8 Å². The molecule has 1 atom stereocenters. The zero-order valence-corrected chi connectivity index (χ0v) is 20.4. The highest BCUT2D eigenvalue weighted by Gasteiger charge is 2.46. The van der Waals surface area contributed by atoms with E-state index in [2.05, 4.69) is 45.0 Å². The van der Waals surface area contributed by atoms with Crippen LogP contribution in [-0.2, 0) is 33.3 Å². The maximum atomic E-state index is 12.3. The van der Waals surface area contributed by atoms with E-state index in [9.17, 15) is 19.8 Å². The molecule has 32 heavy (non-hydrogen) atoms. The molecule has 2 N–H and O–H groups in total. The SMILES string of the molecule is CC(C)(O)C(=O)Cc1cccc(C2(C)CC(C)(C)c3cc(CC(=O)C(C)(C)O)ccc32)c1. The highest BCUT2D eigenvalue weighted by molar-refractivity contribution is 5.88. The van der Waals surface area contributed by atoms with Crippen molar-refractivity contribution in [2.75, 3.05) is 0 Å². The van der Waals surface area contributed by atoms with Gasteiger partial charge in [-0.25, -0.2) is 0 Å². The molecule has 4 nitrogen and oxygen atoms in total. The van der Waals surface area contributed by atoms with Crippen molar-refractivity contribution >= 4 is 11.6 Å². The van der Waals surface area contributed by atoms with Crippen LogP contribution in [0.2, 0.25) is 0 Å². The molecule has 0 amide bonds. The second kappa shape index (κ2) is 7.93. The normalized spacial score (nSPS) is 20.2. The van der Waals surface area contributed by atoms with Crippen molar-refractivity contribution in [2.45, 2.75) is 89.8 Å². The number of Topliss-reactive ketones (excluding diaryl/α,β-unsaturated/α-hetero) is 2. The van der Waals surface area contributed by atoms with Gasteiger partial charge in [0.1, 0.15) is 11.2 Å². The predicted octanol–water partition coefficient (Wildman–Crippen LogP) is 4.44. The zero-order chi connectivity index (χ0) is 24.1. The lowest BCUT2D eigenvalue weighted by Crippen LogP contribution is -2.32. The fourth-order valence-corrected chi connectivity index (χ4v) is 4.90. The van der Waals surface area contributed by atoms with E-state index >= 15 is 0 Å². The number of hydrogen-bond donors (Lipinski definition) is 2. The Kier molecular flexibility index (Phi) is 6.03. The standard InChI is InChI=1S/C28H36O4/c1-25(2)17-28(7,20-10-8-9-18(13-20)15-23(29)26(3,4)31)21-12-11-19(14-22(21)25)16-24(30)27(5,6)32/h8-14,31-32H,15-17H2,1-7H3. The quantitative estimate of drug-likeness (QED) is 0.673. The van der Waals surface area contributed by atoms with Crippen LogP contribution < -0.4 is 0 Å². The van der Waals surface area contributed by atoms with Crippen LogP contribution in [0.5, 0.6) is 0 Å². The molecule has 0 aromatic heterocycles. The monoisotopic (exact) mass is 436 g/mol. The van der Waals surface area contributed by atoms with E-state index in [0.717, 1.165) is 23.1 Å². The van der Waals surface area contributed by atoms with E-state index in [1.165, 1.54) is 38.8 Å². The van der Waals surface area contributed by atoms with Gasteiger partial charge in [-0.3, -0.25) is 9.59 Å². The van der Waals surface area contributed by atoms with E-state index in [1.807, 2.05) is 18.2 Å². The fraction of sp³-hybridized carbons (Fsp3) is 0.500. The molecular weight excluding hydrogens is 400 g/mol. The van der Waals surface area contributed by atoms with Gasteiger partial charge in [-0.05, 0) is 67.3 Å². The van der Waals surface area contributed by atoms with E-state index < -0.39 is 11.2 Å². The lowest BCUT2D eigenvalue weighted by molar-refractivity contribution is -0.133. The van der Waals surface area contributed by atoms with Gasteiger partial charge in [0.2, 0.25) is 0 Å². The maximum absolute atomic E-state index is 12.3. The molecular formula is C28H36O4. The summed E-state index contributed by atoms with van der Waals surface area (Å²) in [6.07, 6.45) is 1.31. The number of aliphatic hydroxyl groups is 2. The number of ketones is 2. The molecule has 0 heterocycles. The first-order valence-electron chi connectivity index (χ1n) is 11.3. The van der Waals surface area contributed by atoms with Gasteiger partial charge < -0.3 is 10.2 Å². The highest BCUT2D eigenvalue weighted by Crippen LogP contribution is 2.53. The summed E-state index contributed by atoms with van der Waals surface area (Å²) < 4.78 is 0. The molecule has 0 spiro atoms. The third kappa shape index (κ3) is 4.72. The first kappa shape index (κ1) is 24.3. The number of carbonyl (C=O) groups is 2. The van der Waals surface area contributed by atoms with Crippen LogP contribution >= 0.6 is 0 Å². The lowest BCUT2D eigenvalue weighted by atomic mass is 9.74. The molecule has 1 aliphatic rings. The molecule has 3 rings (SSSR count). The highest BCUT2D eigenvalue weighted by atomic mass is 16.3. The van der Waals surface area contributed by atoms with Crippen molar-refractivity contribution in [3.05, 3.63) is 70.3 Å².